The van der Waals surface area contributed by atoms with Crippen LogP contribution in [0.3, 0.4) is 0 Å². The van der Waals surface area contributed by atoms with Crippen LogP contribution in [0.25, 0.3) is 0 Å². The van der Waals surface area contributed by atoms with Crippen molar-refractivity contribution in [2.24, 2.45) is 0 Å². The average Bonchev–Trinajstić information content (AvgIpc) is 3.38. The highest BCUT2D eigenvalue weighted by molar-refractivity contribution is 7.85. The zero-order valence-electron chi connectivity index (χ0n) is 19.7. The predicted octanol–water partition coefficient (Wildman–Crippen LogP) is 3.37. The van der Waals surface area contributed by atoms with Crippen molar-refractivity contribution in [3.63, 3.8) is 0 Å². The molecule has 0 aliphatic carbocycles. The number of carbonyl (C=O) groups is 2. The number of phenolic OH excluding ortho intramolecular Hbond substituents is 1. The molecule has 1 N–H and O–H groups in total. The van der Waals surface area contributed by atoms with Gasteiger partial charge in [0.2, 0.25) is 0 Å². The lowest BCUT2D eigenvalue weighted by atomic mass is 10.0. The standard InChI is InChI=1S/C14H16N2O2S2.C9H16N2O2/c17-13-5-3-12(4-6-13)15-7-9-16(10-8-15)20(18)14-2-1-11-19-14;1-6(2)11-7(12)9(3,4)10(5)8(11)13/h1-6,11,17H,7-10H2;6H,1-5H3. The number of benzene rings is 1. The highest BCUT2D eigenvalue weighted by Gasteiger charge is 2.49. The van der Waals surface area contributed by atoms with Crippen LogP contribution in [0.2, 0.25) is 0 Å². The number of phenols is 1. The Balaban J connectivity index is 0.000000205. The third kappa shape index (κ3) is 5.39. The Kier molecular flexibility index (Phi) is 7.81. The third-order valence-electron chi connectivity index (χ3n) is 5.95. The van der Waals surface area contributed by atoms with Crippen molar-refractivity contribution in [3.05, 3.63) is 41.8 Å². The number of rotatable bonds is 4. The molecule has 2 aromatic rings. The molecule has 10 heteroatoms. The number of likely N-dealkylation sites (N-methyl/N-ethyl adjacent to an activating group) is 1. The van der Waals surface area contributed by atoms with Gasteiger partial charge in [-0.2, -0.15) is 0 Å². The van der Waals surface area contributed by atoms with Crippen LogP contribution < -0.4 is 4.90 Å². The second-order valence-corrected chi connectivity index (χ2v) is 11.4. The van der Waals surface area contributed by atoms with E-state index in [1.807, 2.05) is 47.8 Å². The van der Waals surface area contributed by atoms with Crippen molar-refractivity contribution < 1.29 is 18.9 Å². The molecule has 0 saturated carbocycles. The van der Waals surface area contributed by atoms with Crippen LogP contribution in [-0.2, 0) is 15.8 Å². The maximum atomic E-state index is 12.3. The van der Waals surface area contributed by atoms with E-state index in [2.05, 4.69) is 4.90 Å². The lowest BCUT2D eigenvalue weighted by Gasteiger charge is -2.34. The average molecular weight is 493 g/mol. The fraction of sp³-hybridized carbons (Fsp3) is 0.478. The fourth-order valence-electron chi connectivity index (χ4n) is 3.65. The van der Waals surface area contributed by atoms with Gasteiger partial charge < -0.3 is 14.9 Å². The maximum Gasteiger partial charge on any atom is 0.327 e. The molecule has 4 rings (SSSR count). The lowest BCUT2D eigenvalue weighted by molar-refractivity contribution is -0.132. The summed E-state index contributed by atoms with van der Waals surface area (Å²) >= 11 is 1.54. The second-order valence-electron chi connectivity index (χ2n) is 8.78. The summed E-state index contributed by atoms with van der Waals surface area (Å²) in [6.07, 6.45) is 0. The molecule has 1 aromatic heterocycles. The van der Waals surface area contributed by atoms with Crippen molar-refractivity contribution in [3.8, 4) is 5.75 Å². The fourth-order valence-corrected chi connectivity index (χ4v) is 5.85. The van der Waals surface area contributed by atoms with E-state index in [9.17, 15) is 18.9 Å². The number of thiophene rings is 1. The summed E-state index contributed by atoms with van der Waals surface area (Å²) in [5.41, 5.74) is 0.408. The largest absolute Gasteiger partial charge is 0.508 e. The van der Waals surface area contributed by atoms with Gasteiger partial charge in [0.15, 0.2) is 0 Å². The molecule has 1 unspecified atom stereocenters. The number of hydrogen-bond donors (Lipinski definition) is 1. The first kappa shape index (κ1) is 25.2. The maximum absolute atomic E-state index is 12.3. The zero-order chi connectivity index (χ0) is 24.3. The number of nitrogens with zero attached hydrogens (tertiary/aromatic N) is 4. The molecule has 2 saturated heterocycles. The Morgan fingerprint density at radius 1 is 1.03 bits per heavy atom. The van der Waals surface area contributed by atoms with Gasteiger partial charge in [-0.1, -0.05) is 6.07 Å². The van der Waals surface area contributed by atoms with Crippen molar-refractivity contribution in [1.82, 2.24) is 14.1 Å². The summed E-state index contributed by atoms with van der Waals surface area (Å²) in [4.78, 5) is 28.4. The van der Waals surface area contributed by atoms with Crippen molar-refractivity contribution >= 4 is 39.9 Å². The molecule has 2 fully saturated rings. The SMILES string of the molecule is CC(C)N1C(=O)N(C)C(C)(C)C1=O.O=S(c1cccs1)N1CCN(c2ccc(O)cc2)CC1. The monoisotopic (exact) mass is 492 g/mol. The van der Waals surface area contributed by atoms with E-state index in [4.69, 9.17) is 0 Å². The smallest absolute Gasteiger partial charge is 0.327 e. The molecule has 3 heterocycles. The number of imide groups is 1. The Hall–Kier alpha value is -2.43. The van der Waals surface area contributed by atoms with Crippen LogP contribution in [0.1, 0.15) is 27.7 Å². The van der Waals surface area contributed by atoms with Crippen molar-refractivity contribution in [2.75, 3.05) is 38.1 Å². The van der Waals surface area contributed by atoms with Gasteiger partial charge in [0, 0.05) is 45.0 Å². The predicted molar refractivity (Wildman–Crippen MR) is 132 cm³/mol. The molecule has 1 atom stereocenters. The molecule has 1 aromatic carbocycles. The van der Waals surface area contributed by atoms with Crippen LogP contribution >= 0.6 is 11.3 Å². The molecular weight excluding hydrogens is 460 g/mol. The summed E-state index contributed by atoms with van der Waals surface area (Å²) in [7, 11) is 0.627. The Bertz CT molecular complexity index is 984. The van der Waals surface area contributed by atoms with Crippen LogP contribution in [0, 0.1) is 0 Å². The summed E-state index contributed by atoms with van der Waals surface area (Å²) < 4.78 is 15.3. The molecule has 2 aliphatic heterocycles. The van der Waals surface area contributed by atoms with Gasteiger partial charge in [0.25, 0.3) is 5.91 Å². The Labute approximate surface area is 202 Å². The van der Waals surface area contributed by atoms with E-state index in [0.717, 1.165) is 36.1 Å². The van der Waals surface area contributed by atoms with Gasteiger partial charge in [0.1, 0.15) is 26.5 Å². The van der Waals surface area contributed by atoms with Gasteiger partial charge >= 0.3 is 6.03 Å². The van der Waals surface area contributed by atoms with Gasteiger partial charge in [-0.05, 0) is 63.4 Å². The number of piperazine rings is 1. The van der Waals surface area contributed by atoms with E-state index in [1.165, 1.54) is 9.80 Å². The van der Waals surface area contributed by atoms with Crippen LogP contribution in [0.4, 0.5) is 10.5 Å². The Morgan fingerprint density at radius 2 is 1.64 bits per heavy atom. The quantitative estimate of drug-likeness (QED) is 0.662. The van der Waals surface area contributed by atoms with Crippen molar-refractivity contribution in [2.45, 2.75) is 43.5 Å². The number of hydrogen-bond acceptors (Lipinski definition) is 6. The minimum atomic E-state index is -1.03. The van der Waals surface area contributed by atoms with Gasteiger partial charge in [0.05, 0.1) is 0 Å². The first-order valence-corrected chi connectivity index (χ1v) is 12.9. The molecule has 0 bridgehead atoms. The third-order valence-corrected chi connectivity index (χ3v) is 8.64. The first-order chi connectivity index (χ1) is 15.5. The number of aromatic hydroxyl groups is 1. The number of carbonyl (C=O) groups excluding carboxylic acids is 2. The number of urea groups is 1. The normalized spacial score (nSPS) is 19.6. The minimum absolute atomic E-state index is 0.0655. The molecule has 0 radical (unpaired) electrons. The van der Waals surface area contributed by atoms with Gasteiger partial charge in [-0.25, -0.2) is 13.3 Å². The molecule has 8 nitrogen and oxygen atoms in total. The van der Waals surface area contributed by atoms with Crippen LogP contribution in [-0.4, -0.2) is 80.2 Å². The van der Waals surface area contributed by atoms with Crippen molar-refractivity contribution in [1.29, 1.82) is 0 Å². The van der Waals surface area contributed by atoms with Crippen LogP contribution in [0.5, 0.6) is 5.75 Å². The Morgan fingerprint density at radius 3 is 2.06 bits per heavy atom. The highest BCUT2D eigenvalue weighted by Crippen LogP contribution is 2.27. The summed E-state index contributed by atoms with van der Waals surface area (Å²) in [5.74, 6) is 0.168. The molecule has 0 spiro atoms. The van der Waals surface area contributed by atoms with E-state index < -0.39 is 16.5 Å². The molecular formula is C23H32N4O4S2. The molecule has 33 heavy (non-hydrogen) atoms. The van der Waals surface area contributed by atoms with E-state index in [-0.39, 0.29) is 23.7 Å². The number of anilines is 1. The minimum Gasteiger partial charge on any atom is -0.508 e. The topological polar surface area (TPSA) is 84.4 Å². The lowest BCUT2D eigenvalue weighted by Crippen LogP contribution is -2.46. The van der Waals surface area contributed by atoms with Crippen LogP contribution in [0.15, 0.2) is 46.0 Å². The summed E-state index contributed by atoms with van der Waals surface area (Å²) in [6, 6.07) is 10.8. The van der Waals surface area contributed by atoms with E-state index >= 15 is 0 Å². The summed E-state index contributed by atoms with van der Waals surface area (Å²) in [5, 5.41) is 11.3. The zero-order valence-corrected chi connectivity index (χ0v) is 21.4. The van der Waals surface area contributed by atoms with Gasteiger partial charge in [-0.3, -0.25) is 9.69 Å². The number of amides is 3. The molecule has 3 amide bonds. The highest BCUT2D eigenvalue weighted by atomic mass is 32.2. The summed E-state index contributed by atoms with van der Waals surface area (Å²) in [6.45, 7) is 10.5. The molecule has 2 aliphatic rings. The van der Waals surface area contributed by atoms with E-state index in [1.54, 1.807) is 44.4 Å². The molecule has 180 valence electrons. The van der Waals surface area contributed by atoms with Gasteiger partial charge in [-0.15, -0.1) is 11.3 Å². The van der Waals surface area contributed by atoms with E-state index in [0.29, 0.717) is 0 Å². The first-order valence-electron chi connectivity index (χ1n) is 10.9. The second kappa shape index (κ2) is 10.2.